The largest absolute Gasteiger partial charge is 0.444 e. The lowest BCUT2D eigenvalue weighted by atomic mass is 10.1. The minimum absolute atomic E-state index is 0.295. The molecule has 0 aliphatic rings. The third-order valence-corrected chi connectivity index (χ3v) is 3.11. The van der Waals surface area contributed by atoms with Gasteiger partial charge >= 0.3 is 6.09 Å². The molecule has 3 N–H and O–H groups in total. The van der Waals surface area contributed by atoms with Crippen LogP contribution in [0.3, 0.4) is 0 Å². The van der Waals surface area contributed by atoms with Crippen molar-refractivity contribution in [1.82, 2.24) is 10.6 Å². The molecular formula is C17H25N3O4. The predicted molar refractivity (Wildman–Crippen MR) is 92.0 cm³/mol. The van der Waals surface area contributed by atoms with E-state index in [0.717, 1.165) is 5.56 Å². The second kappa shape index (κ2) is 7.81. The first-order valence-corrected chi connectivity index (χ1v) is 7.67. The zero-order valence-corrected chi connectivity index (χ0v) is 14.9. The van der Waals surface area contributed by atoms with Gasteiger partial charge in [0, 0.05) is 7.05 Å². The van der Waals surface area contributed by atoms with Crippen molar-refractivity contribution in [3.8, 4) is 0 Å². The fourth-order valence-corrected chi connectivity index (χ4v) is 1.99. The molecule has 1 atom stereocenters. The molecule has 1 aromatic carbocycles. The van der Waals surface area contributed by atoms with Crippen molar-refractivity contribution >= 4 is 23.6 Å². The van der Waals surface area contributed by atoms with E-state index >= 15 is 0 Å². The number of benzene rings is 1. The van der Waals surface area contributed by atoms with Crippen LogP contribution in [0.25, 0.3) is 0 Å². The zero-order valence-electron chi connectivity index (χ0n) is 14.9. The molecule has 0 saturated heterocycles. The molecule has 0 aliphatic carbocycles. The third-order valence-electron chi connectivity index (χ3n) is 3.11. The summed E-state index contributed by atoms with van der Waals surface area (Å²) in [6.45, 7) is 8.52. The van der Waals surface area contributed by atoms with Gasteiger partial charge in [-0.3, -0.25) is 9.59 Å². The summed E-state index contributed by atoms with van der Waals surface area (Å²) in [4.78, 5) is 36.0. The Bertz CT molecular complexity index is 635. The smallest absolute Gasteiger partial charge is 0.408 e. The molecule has 0 aliphatic heterocycles. The minimum Gasteiger partial charge on any atom is -0.444 e. The van der Waals surface area contributed by atoms with E-state index in [4.69, 9.17) is 4.74 Å². The number of alkyl carbamates (subject to hydrolysis) is 1. The quantitative estimate of drug-likeness (QED) is 0.786. The maximum atomic E-state index is 12.3. The first-order chi connectivity index (χ1) is 11.0. The van der Waals surface area contributed by atoms with E-state index in [-0.39, 0.29) is 5.91 Å². The lowest BCUT2D eigenvalue weighted by Crippen LogP contribution is -2.44. The van der Waals surface area contributed by atoms with Crippen LogP contribution < -0.4 is 16.0 Å². The van der Waals surface area contributed by atoms with Crippen LogP contribution >= 0.6 is 0 Å². The summed E-state index contributed by atoms with van der Waals surface area (Å²) in [6.07, 6.45) is -0.680. The van der Waals surface area contributed by atoms with E-state index in [1.807, 2.05) is 0 Å². The van der Waals surface area contributed by atoms with Crippen molar-refractivity contribution in [2.24, 2.45) is 0 Å². The first kappa shape index (κ1) is 19.5. The summed E-state index contributed by atoms with van der Waals surface area (Å²) in [5.41, 5.74) is 0.860. The van der Waals surface area contributed by atoms with Crippen molar-refractivity contribution in [3.05, 3.63) is 29.3 Å². The van der Waals surface area contributed by atoms with Crippen molar-refractivity contribution in [2.45, 2.75) is 46.3 Å². The van der Waals surface area contributed by atoms with Crippen LogP contribution in [-0.4, -0.2) is 36.6 Å². The number of nitrogens with one attached hydrogen (secondary N) is 3. The highest BCUT2D eigenvalue weighted by Crippen LogP contribution is 2.19. The molecule has 0 unspecified atom stereocenters. The van der Waals surface area contributed by atoms with E-state index in [2.05, 4.69) is 16.0 Å². The predicted octanol–water partition coefficient (Wildman–Crippen LogP) is 2.21. The summed E-state index contributed by atoms with van der Waals surface area (Å²) < 4.78 is 5.11. The molecular weight excluding hydrogens is 310 g/mol. The lowest BCUT2D eigenvalue weighted by molar-refractivity contribution is -0.117. The van der Waals surface area contributed by atoms with Crippen molar-refractivity contribution in [1.29, 1.82) is 0 Å². The molecule has 7 nitrogen and oxygen atoms in total. The number of aryl methyl sites for hydroxylation is 1. The van der Waals surface area contributed by atoms with Gasteiger partial charge in [0.25, 0.3) is 5.91 Å². The average Bonchev–Trinajstić information content (AvgIpc) is 2.44. The summed E-state index contributed by atoms with van der Waals surface area (Å²) >= 11 is 0. The Labute approximate surface area is 142 Å². The van der Waals surface area contributed by atoms with Crippen LogP contribution in [0.15, 0.2) is 18.2 Å². The van der Waals surface area contributed by atoms with E-state index in [9.17, 15) is 14.4 Å². The summed E-state index contributed by atoms with van der Waals surface area (Å²) in [5, 5.41) is 7.67. The standard InChI is InChI=1S/C17H25N3O4/c1-10-8-7-9-12(13(10)15(22)18-6)20-14(21)11(2)19-16(23)24-17(3,4)5/h7-9,11H,1-6H3,(H,18,22)(H,19,23)(H,20,21)/t11-/m1/s1. The Hall–Kier alpha value is -2.57. The first-order valence-electron chi connectivity index (χ1n) is 7.67. The second-order valence-corrected chi connectivity index (χ2v) is 6.43. The Morgan fingerprint density at radius 3 is 2.33 bits per heavy atom. The van der Waals surface area contributed by atoms with Crippen LogP contribution in [0.2, 0.25) is 0 Å². The van der Waals surface area contributed by atoms with Gasteiger partial charge in [-0.1, -0.05) is 12.1 Å². The number of carbonyl (C=O) groups excluding carboxylic acids is 3. The zero-order chi connectivity index (χ0) is 18.5. The number of hydrogen-bond donors (Lipinski definition) is 3. The molecule has 0 radical (unpaired) electrons. The Morgan fingerprint density at radius 2 is 1.79 bits per heavy atom. The maximum Gasteiger partial charge on any atom is 0.408 e. The SMILES string of the molecule is CNC(=O)c1c(C)cccc1NC(=O)[C@@H](C)NC(=O)OC(C)(C)C. The van der Waals surface area contributed by atoms with Gasteiger partial charge in [-0.05, 0) is 46.2 Å². The number of rotatable bonds is 4. The van der Waals surface area contributed by atoms with Crippen LogP contribution in [0.5, 0.6) is 0 Å². The van der Waals surface area contributed by atoms with Gasteiger partial charge < -0.3 is 20.7 Å². The maximum absolute atomic E-state index is 12.3. The summed E-state index contributed by atoms with van der Waals surface area (Å²) in [7, 11) is 1.52. The summed E-state index contributed by atoms with van der Waals surface area (Å²) in [5.74, 6) is -0.743. The Kier molecular flexibility index (Phi) is 6.34. The van der Waals surface area contributed by atoms with E-state index in [1.165, 1.54) is 14.0 Å². The molecule has 0 saturated carbocycles. The molecule has 0 heterocycles. The minimum atomic E-state index is -0.821. The van der Waals surface area contributed by atoms with Crippen molar-refractivity contribution in [3.63, 3.8) is 0 Å². The molecule has 0 bridgehead atoms. The second-order valence-electron chi connectivity index (χ2n) is 6.43. The number of ether oxygens (including phenoxy) is 1. The van der Waals surface area contributed by atoms with Gasteiger partial charge in [0.05, 0.1) is 11.3 Å². The van der Waals surface area contributed by atoms with Crippen LogP contribution in [0.4, 0.5) is 10.5 Å². The summed E-state index contributed by atoms with van der Waals surface area (Å²) in [6, 6.07) is 4.33. The van der Waals surface area contributed by atoms with E-state index < -0.39 is 23.6 Å². The number of carbonyl (C=O) groups is 3. The molecule has 7 heteroatoms. The highest BCUT2D eigenvalue weighted by molar-refractivity contribution is 6.06. The number of anilines is 1. The average molecular weight is 335 g/mol. The van der Waals surface area contributed by atoms with Gasteiger partial charge in [0.15, 0.2) is 0 Å². The molecule has 1 rings (SSSR count). The van der Waals surface area contributed by atoms with Crippen LogP contribution in [-0.2, 0) is 9.53 Å². The fraction of sp³-hybridized carbons (Fsp3) is 0.471. The van der Waals surface area contributed by atoms with Gasteiger partial charge in [0.2, 0.25) is 5.91 Å². The topological polar surface area (TPSA) is 96.5 Å². The molecule has 132 valence electrons. The van der Waals surface area contributed by atoms with Gasteiger partial charge in [-0.15, -0.1) is 0 Å². The molecule has 1 aromatic rings. The molecule has 0 fully saturated rings. The van der Waals surface area contributed by atoms with Crippen LogP contribution in [0, 0.1) is 6.92 Å². The number of amides is 3. The lowest BCUT2D eigenvalue weighted by Gasteiger charge is -2.22. The molecule has 0 spiro atoms. The van der Waals surface area contributed by atoms with Gasteiger partial charge in [-0.2, -0.15) is 0 Å². The monoisotopic (exact) mass is 335 g/mol. The molecule has 3 amide bonds. The van der Waals surface area contributed by atoms with E-state index in [0.29, 0.717) is 11.3 Å². The van der Waals surface area contributed by atoms with E-state index in [1.54, 1.807) is 45.9 Å². The Morgan fingerprint density at radius 1 is 1.17 bits per heavy atom. The normalized spacial score (nSPS) is 12.1. The number of hydrogen-bond acceptors (Lipinski definition) is 4. The van der Waals surface area contributed by atoms with Crippen molar-refractivity contribution < 1.29 is 19.1 Å². The van der Waals surface area contributed by atoms with Crippen molar-refractivity contribution in [2.75, 3.05) is 12.4 Å². The molecule has 24 heavy (non-hydrogen) atoms. The third kappa shape index (κ3) is 5.57. The molecule has 0 aromatic heterocycles. The Balaban J connectivity index is 2.83. The van der Waals surface area contributed by atoms with Gasteiger partial charge in [-0.25, -0.2) is 4.79 Å². The van der Waals surface area contributed by atoms with Gasteiger partial charge in [0.1, 0.15) is 11.6 Å². The fourth-order valence-electron chi connectivity index (χ4n) is 1.99. The highest BCUT2D eigenvalue weighted by Gasteiger charge is 2.22. The van der Waals surface area contributed by atoms with Crippen LogP contribution in [0.1, 0.15) is 43.6 Å². The highest BCUT2D eigenvalue weighted by atomic mass is 16.6.